The van der Waals surface area contributed by atoms with Gasteiger partial charge >= 0.3 is 0 Å². The number of rotatable bonds is 1. The maximum absolute atomic E-state index is 13.3. The van der Waals surface area contributed by atoms with Crippen molar-refractivity contribution in [1.82, 2.24) is 14.4 Å². The first-order valence-electron chi connectivity index (χ1n) is 8.08. The molecule has 0 bridgehead atoms. The number of para-hydroxylation sites is 2. The molecule has 6 nitrogen and oxygen atoms in total. The second-order valence-corrected chi connectivity index (χ2v) is 6.16. The van der Waals surface area contributed by atoms with E-state index in [9.17, 15) is 4.79 Å². The summed E-state index contributed by atoms with van der Waals surface area (Å²) >= 11 is 0. The highest BCUT2D eigenvalue weighted by atomic mass is 16.2. The van der Waals surface area contributed by atoms with Crippen molar-refractivity contribution in [2.75, 3.05) is 23.4 Å². The van der Waals surface area contributed by atoms with Gasteiger partial charge in [0, 0.05) is 44.4 Å². The second kappa shape index (κ2) is 5.63. The first-order chi connectivity index (χ1) is 11.7. The lowest BCUT2D eigenvalue weighted by Gasteiger charge is -2.28. The fraction of sp³-hybridized carbons (Fsp3) is 0.278. The Morgan fingerprint density at radius 2 is 1.83 bits per heavy atom. The largest absolute Gasteiger partial charge is 0.373 e. The third-order valence-electron chi connectivity index (χ3n) is 4.61. The Morgan fingerprint density at radius 1 is 1.12 bits per heavy atom. The zero-order chi connectivity index (χ0) is 16.7. The quantitative estimate of drug-likeness (QED) is 0.691. The standard InChI is InChI=1S/C18H19N5O/c1-13-7-10-21(2)14-5-3-4-6-15(14)23(13)18(24)16-17-20-9-12-22(17)11-8-19-16/h3-6,8-9,11-13H,7,10H2,1-2H3. The van der Waals surface area contributed by atoms with Gasteiger partial charge in [-0.2, -0.15) is 0 Å². The predicted molar refractivity (Wildman–Crippen MR) is 93.6 cm³/mol. The molecule has 1 unspecified atom stereocenters. The summed E-state index contributed by atoms with van der Waals surface area (Å²) in [4.78, 5) is 26.0. The minimum Gasteiger partial charge on any atom is -0.373 e. The third-order valence-corrected chi connectivity index (χ3v) is 4.61. The van der Waals surface area contributed by atoms with Crippen molar-refractivity contribution in [2.24, 2.45) is 0 Å². The van der Waals surface area contributed by atoms with Crippen LogP contribution in [0.1, 0.15) is 23.8 Å². The molecule has 0 fully saturated rings. The Labute approximate surface area is 140 Å². The monoisotopic (exact) mass is 321 g/mol. The van der Waals surface area contributed by atoms with Gasteiger partial charge in [0.05, 0.1) is 11.4 Å². The zero-order valence-corrected chi connectivity index (χ0v) is 13.8. The van der Waals surface area contributed by atoms with Crippen LogP contribution in [-0.2, 0) is 0 Å². The average molecular weight is 321 g/mol. The summed E-state index contributed by atoms with van der Waals surface area (Å²) in [7, 11) is 2.06. The normalized spacial score (nSPS) is 17.7. The number of amides is 1. The molecule has 1 atom stereocenters. The summed E-state index contributed by atoms with van der Waals surface area (Å²) in [5.41, 5.74) is 2.95. The van der Waals surface area contributed by atoms with E-state index in [4.69, 9.17) is 0 Å². The zero-order valence-electron chi connectivity index (χ0n) is 13.8. The van der Waals surface area contributed by atoms with Crippen LogP contribution in [0.5, 0.6) is 0 Å². The van der Waals surface area contributed by atoms with Crippen molar-refractivity contribution in [3.05, 3.63) is 54.7 Å². The van der Waals surface area contributed by atoms with Gasteiger partial charge in [-0.05, 0) is 25.5 Å². The number of fused-ring (bicyclic) bond motifs is 2. The number of imidazole rings is 1. The molecule has 6 heteroatoms. The average Bonchev–Trinajstić information content (AvgIpc) is 3.04. The van der Waals surface area contributed by atoms with Gasteiger partial charge in [-0.3, -0.25) is 4.79 Å². The molecular formula is C18H19N5O. The second-order valence-electron chi connectivity index (χ2n) is 6.16. The number of carbonyl (C=O) groups excluding carboxylic acids is 1. The van der Waals surface area contributed by atoms with E-state index in [1.54, 1.807) is 18.6 Å². The van der Waals surface area contributed by atoms with Crippen molar-refractivity contribution in [1.29, 1.82) is 0 Å². The van der Waals surface area contributed by atoms with Gasteiger partial charge in [-0.25, -0.2) is 9.97 Å². The molecule has 4 rings (SSSR count). The van der Waals surface area contributed by atoms with Crippen LogP contribution in [0.4, 0.5) is 11.4 Å². The van der Waals surface area contributed by atoms with Crippen LogP contribution in [0.15, 0.2) is 49.1 Å². The molecule has 0 spiro atoms. The number of anilines is 2. The number of hydrogen-bond donors (Lipinski definition) is 0. The van der Waals surface area contributed by atoms with E-state index in [2.05, 4.69) is 34.9 Å². The molecule has 0 saturated carbocycles. The first kappa shape index (κ1) is 14.7. The lowest BCUT2D eigenvalue weighted by molar-refractivity contribution is 0.0974. The summed E-state index contributed by atoms with van der Waals surface area (Å²) in [5.74, 6) is -0.109. The maximum Gasteiger partial charge on any atom is 0.281 e. The SMILES string of the molecule is CC1CCN(C)c2ccccc2N1C(=O)c1nccn2ccnc12. The highest BCUT2D eigenvalue weighted by Gasteiger charge is 2.31. The topological polar surface area (TPSA) is 53.7 Å². The van der Waals surface area contributed by atoms with E-state index in [1.165, 1.54) is 0 Å². The minimum absolute atomic E-state index is 0.0839. The van der Waals surface area contributed by atoms with Gasteiger partial charge in [-0.15, -0.1) is 0 Å². The van der Waals surface area contributed by atoms with E-state index in [0.29, 0.717) is 11.3 Å². The Kier molecular flexibility index (Phi) is 3.45. The highest BCUT2D eigenvalue weighted by molar-refractivity contribution is 6.10. The molecule has 1 aliphatic heterocycles. The van der Waals surface area contributed by atoms with E-state index in [-0.39, 0.29) is 11.9 Å². The minimum atomic E-state index is -0.109. The van der Waals surface area contributed by atoms with Crippen LogP contribution in [0, 0.1) is 0 Å². The molecule has 3 heterocycles. The van der Waals surface area contributed by atoms with Gasteiger partial charge in [0.2, 0.25) is 0 Å². The van der Waals surface area contributed by atoms with Crippen molar-refractivity contribution in [3.8, 4) is 0 Å². The van der Waals surface area contributed by atoms with Crippen LogP contribution in [0.2, 0.25) is 0 Å². The molecule has 0 saturated heterocycles. The fourth-order valence-corrected chi connectivity index (χ4v) is 3.29. The van der Waals surface area contributed by atoms with E-state index >= 15 is 0 Å². The van der Waals surface area contributed by atoms with E-state index in [0.717, 1.165) is 24.3 Å². The molecule has 1 amide bonds. The van der Waals surface area contributed by atoms with Crippen LogP contribution in [-0.4, -0.2) is 39.9 Å². The fourth-order valence-electron chi connectivity index (χ4n) is 3.29. The van der Waals surface area contributed by atoms with Crippen LogP contribution in [0.25, 0.3) is 5.65 Å². The van der Waals surface area contributed by atoms with E-state index < -0.39 is 0 Å². The Hall–Kier alpha value is -2.89. The molecule has 0 aliphatic carbocycles. The summed E-state index contributed by atoms with van der Waals surface area (Å²) in [6, 6.07) is 8.10. The smallest absolute Gasteiger partial charge is 0.281 e. The molecule has 0 radical (unpaired) electrons. The summed E-state index contributed by atoms with van der Waals surface area (Å²) in [6.45, 7) is 2.99. The van der Waals surface area contributed by atoms with Crippen molar-refractivity contribution >= 4 is 22.9 Å². The van der Waals surface area contributed by atoms with Gasteiger partial charge < -0.3 is 14.2 Å². The van der Waals surface area contributed by atoms with Crippen molar-refractivity contribution in [2.45, 2.75) is 19.4 Å². The lowest BCUT2D eigenvalue weighted by Crippen LogP contribution is -2.39. The number of aromatic nitrogens is 3. The molecule has 2 aromatic heterocycles. The molecule has 24 heavy (non-hydrogen) atoms. The summed E-state index contributed by atoms with van der Waals surface area (Å²) in [5, 5.41) is 0. The third kappa shape index (κ3) is 2.22. The Morgan fingerprint density at radius 3 is 2.62 bits per heavy atom. The maximum atomic E-state index is 13.3. The van der Waals surface area contributed by atoms with Gasteiger partial charge in [0.25, 0.3) is 5.91 Å². The molecule has 1 aromatic carbocycles. The molecule has 0 N–H and O–H groups in total. The van der Waals surface area contributed by atoms with Crippen LogP contribution in [0.3, 0.4) is 0 Å². The number of hydrogen-bond acceptors (Lipinski definition) is 4. The van der Waals surface area contributed by atoms with Gasteiger partial charge in [0.15, 0.2) is 11.3 Å². The Bertz CT molecular complexity index is 903. The van der Waals surface area contributed by atoms with Gasteiger partial charge in [0.1, 0.15) is 0 Å². The predicted octanol–water partition coefficient (Wildman–Crippen LogP) is 2.60. The summed E-state index contributed by atoms with van der Waals surface area (Å²) in [6.07, 6.45) is 7.84. The molecule has 122 valence electrons. The number of benzene rings is 1. The van der Waals surface area contributed by atoms with Crippen LogP contribution < -0.4 is 9.80 Å². The summed E-state index contributed by atoms with van der Waals surface area (Å²) < 4.78 is 1.82. The molecule has 1 aliphatic rings. The van der Waals surface area contributed by atoms with Gasteiger partial charge in [-0.1, -0.05) is 12.1 Å². The first-order valence-corrected chi connectivity index (χ1v) is 8.08. The van der Waals surface area contributed by atoms with Crippen LogP contribution >= 0.6 is 0 Å². The molecule has 3 aromatic rings. The lowest BCUT2D eigenvalue weighted by atomic mass is 10.1. The number of carbonyl (C=O) groups is 1. The van der Waals surface area contributed by atoms with E-state index in [1.807, 2.05) is 33.7 Å². The van der Waals surface area contributed by atoms with Crippen molar-refractivity contribution in [3.63, 3.8) is 0 Å². The Balaban J connectivity index is 1.86. The number of nitrogens with zero attached hydrogens (tertiary/aromatic N) is 5. The molecular weight excluding hydrogens is 302 g/mol. The highest BCUT2D eigenvalue weighted by Crippen LogP contribution is 2.34. The van der Waals surface area contributed by atoms with Crippen molar-refractivity contribution < 1.29 is 4.79 Å².